The maximum Gasteiger partial charge on any atom is 0.131 e. The molecule has 0 spiro atoms. The minimum Gasteiger partial charge on any atom is -0.360 e. The van der Waals surface area contributed by atoms with E-state index in [1.54, 1.807) is 0 Å². The molecule has 0 saturated heterocycles. The van der Waals surface area contributed by atoms with Gasteiger partial charge in [0, 0.05) is 19.0 Å². The predicted octanol–water partition coefficient (Wildman–Crippen LogP) is 3.86. The van der Waals surface area contributed by atoms with Gasteiger partial charge in [0.05, 0.1) is 23.5 Å². The van der Waals surface area contributed by atoms with E-state index in [4.69, 9.17) is 11.6 Å². The van der Waals surface area contributed by atoms with E-state index in [1.807, 2.05) is 6.20 Å². The Morgan fingerprint density at radius 1 is 1.20 bits per heavy atom. The summed E-state index contributed by atoms with van der Waals surface area (Å²) in [5.74, 6) is 1.60. The molecule has 1 aromatic heterocycles. The summed E-state index contributed by atoms with van der Waals surface area (Å²) in [4.78, 5) is 11.4. The van der Waals surface area contributed by atoms with Gasteiger partial charge in [0.1, 0.15) is 5.82 Å². The Morgan fingerprint density at radius 2 is 1.85 bits per heavy atom. The van der Waals surface area contributed by atoms with Crippen molar-refractivity contribution in [1.29, 1.82) is 0 Å². The van der Waals surface area contributed by atoms with Crippen molar-refractivity contribution in [3.05, 3.63) is 53.1 Å². The molecule has 2 heterocycles. The number of aromatic nitrogens is 2. The number of nitrogens with zero attached hydrogens (tertiary/aromatic N) is 3. The lowest BCUT2D eigenvalue weighted by Crippen LogP contribution is -2.18. The van der Waals surface area contributed by atoms with Crippen molar-refractivity contribution in [2.75, 3.05) is 4.90 Å². The first-order valence-electron chi connectivity index (χ1n) is 6.92. The van der Waals surface area contributed by atoms with E-state index in [1.165, 1.54) is 11.1 Å². The second-order valence-electron chi connectivity index (χ2n) is 5.47. The number of halogens is 1. The molecule has 0 fully saturated rings. The lowest BCUT2D eigenvalue weighted by atomic mass is 10.1. The summed E-state index contributed by atoms with van der Waals surface area (Å²) in [6.07, 6.45) is 1.92. The van der Waals surface area contributed by atoms with Crippen LogP contribution in [0.2, 0.25) is 0 Å². The SMILES string of the molecule is CC(C)c1ncc(N2Cc3ccccc3C2)c(CCl)n1. The zero-order valence-corrected chi connectivity index (χ0v) is 12.6. The maximum absolute atomic E-state index is 6.08. The van der Waals surface area contributed by atoms with E-state index in [-0.39, 0.29) is 0 Å². The number of hydrogen-bond donors (Lipinski definition) is 0. The summed E-state index contributed by atoms with van der Waals surface area (Å²) in [6.45, 7) is 6.01. The van der Waals surface area contributed by atoms with Gasteiger partial charge in [0.15, 0.2) is 0 Å². The standard InChI is InChI=1S/C16H18ClN3/c1-11(2)16-18-8-15(14(7-17)19-16)20-9-12-5-3-4-6-13(12)10-20/h3-6,8,11H,7,9-10H2,1-2H3. The van der Waals surface area contributed by atoms with Gasteiger partial charge < -0.3 is 4.90 Å². The van der Waals surface area contributed by atoms with Crippen molar-refractivity contribution in [1.82, 2.24) is 9.97 Å². The molecule has 20 heavy (non-hydrogen) atoms. The average Bonchev–Trinajstić information content (AvgIpc) is 2.90. The number of anilines is 1. The number of benzene rings is 1. The van der Waals surface area contributed by atoms with E-state index >= 15 is 0 Å². The highest BCUT2D eigenvalue weighted by atomic mass is 35.5. The molecular formula is C16H18ClN3. The molecule has 1 aliphatic heterocycles. The Kier molecular flexibility index (Phi) is 3.62. The Balaban J connectivity index is 1.92. The van der Waals surface area contributed by atoms with Crippen LogP contribution in [0.4, 0.5) is 5.69 Å². The van der Waals surface area contributed by atoms with Gasteiger partial charge in [-0.25, -0.2) is 9.97 Å². The molecule has 0 atom stereocenters. The van der Waals surface area contributed by atoms with Gasteiger partial charge >= 0.3 is 0 Å². The largest absolute Gasteiger partial charge is 0.360 e. The quantitative estimate of drug-likeness (QED) is 0.803. The van der Waals surface area contributed by atoms with E-state index in [2.05, 4.69) is 53.0 Å². The van der Waals surface area contributed by atoms with Gasteiger partial charge in [0.2, 0.25) is 0 Å². The number of hydrogen-bond acceptors (Lipinski definition) is 3. The average molecular weight is 288 g/mol. The maximum atomic E-state index is 6.08. The van der Waals surface area contributed by atoms with Crippen LogP contribution in [-0.4, -0.2) is 9.97 Å². The molecular weight excluding hydrogens is 270 g/mol. The van der Waals surface area contributed by atoms with Crippen molar-refractivity contribution in [2.24, 2.45) is 0 Å². The third-order valence-electron chi connectivity index (χ3n) is 3.69. The van der Waals surface area contributed by atoms with Gasteiger partial charge in [-0.3, -0.25) is 0 Å². The summed E-state index contributed by atoms with van der Waals surface area (Å²) >= 11 is 6.08. The van der Waals surface area contributed by atoms with E-state index < -0.39 is 0 Å². The van der Waals surface area contributed by atoms with Crippen LogP contribution < -0.4 is 4.90 Å². The zero-order valence-electron chi connectivity index (χ0n) is 11.8. The van der Waals surface area contributed by atoms with Crippen LogP contribution in [0, 0.1) is 0 Å². The van der Waals surface area contributed by atoms with E-state index in [0.29, 0.717) is 11.8 Å². The van der Waals surface area contributed by atoms with Gasteiger partial charge in [-0.15, -0.1) is 11.6 Å². The van der Waals surface area contributed by atoms with Crippen LogP contribution in [-0.2, 0) is 19.0 Å². The van der Waals surface area contributed by atoms with Gasteiger partial charge in [-0.1, -0.05) is 38.1 Å². The normalized spacial score (nSPS) is 13.9. The Hall–Kier alpha value is -1.61. The molecule has 0 saturated carbocycles. The van der Waals surface area contributed by atoms with Crippen molar-refractivity contribution >= 4 is 17.3 Å². The highest BCUT2D eigenvalue weighted by molar-refractivity contribution is 6.17. The van der Waals surface area contributed by atoms with Crippen LogP contribution in [0.5, 0.6) is 0 Å². The van der Waals surface area contributed by atoms with Crippen LogP contribution in [0.15, 0.2) is 30.5 Å². The number of rotatable bonds is 3. The zero-order chi connectivity index (χ0) is 14.1. The van der Waals surface area contributed by atoms with E-state index in [0.717, 1.165) is 30.3 Å². The third-order valence-corrected chi connectivity index (χ3v) is 3.94. The first kappa shape index (κ1) is 13.4. The van der Waals surface area contributed by atoms with Crippen LogP contribution >= 0.6 is 11.6 Å². The van der Waals surface area contributed by atoms with Crippen LogP contribution in [0.25, 0.3) is 0 Å². The first-order chi connectivity index (χ1) is 9.69. The monoisotopic (exact) mass is 287 g/mol. The minimum absolute atomic E-state index is 0.321. The van der Waals surface area contributed by atoms with Crippen molar-refractivity contribution in [3.63, 3.8) is 0 Å². The highest BCUT2D eigenvalue weighted by Gasteiger charge is 2.22. The Labute approximate surface area is 124 Å². The molecule has 3 rings (SSSR count). The molecule has 0 N–H and O–H groups in total. The lowest BCUT2D eigenvalue weighted by Gasteiger charge is -2.20. The van der Waals surface area contributed by atoms with Crippen molar-refractivity contribution in [2.45, 2.75) is 38.7 Å². The van der Waals surface area contributed by atoms with Gasteiger partial charge in [0.25, 0.3) is 0 Å². The molecule has 0 bridgehead atoms. The molecule has 2 aromatic rings. The molecule has 1 aliphatic rings. The van der Waals surface area contributed by atoms with Crippen molar-refractivity contribution < 1.29 is 0 Å². The molecule has 3 nitrogen and oxygen atoms in total. The Bertz CT molecular complexity index is 600. The van der Waals surface area contributed by atoms with Crippen LogP contribution in [0.3, 0.4) is 0 Å². The fourth-order valence-corrected chi connectivity index (χ4v) is 2.77. The topological polar surface area (TPSA) is 29.0 Å². The van der Waals surface area contributed by atoms with Gasteiger partial charge in [-0.2, -0.15) is 0 Å². The second kappa shape index (κ2) is 5.41. The summed E-state index contributed by atoms with van der Waals surface area (Å²) in [5.41, 5.74) is 4.74. The summed E-state index contributed by atoms with van der Waals surface area (Å²) in [6, 6.07) is 8.53. The molecule has 4 heteroatoms. The fraction of sp³-hybridized carbons (Fsp3) is 0.375. The lowest BCUT2D eigenvalue weighted by molar-refractivity contribution is 0.754. The summed E-state index contributed by atoms with van der Waals surface area (Å²) in [7, 11) is 0. The smallest absolute Gasteiger partial charge is 0.131 e. The molecule has 0 amide bonds. The predicted molar refractivity (Wildman–Crippen MR) is 82.0 cm³/mol. The summed E-state index contributed by atoms with van der Waals surface area (Å²) in [5, 5.41) is 0. The second-order valence-corrected chi connectivity index (χ2v) is 5.74. The first-order valence-corrected chi connectivity index (χ1v) is 7.46. The fourth-order valence-electron chi connectivity index (χ4n) is 2.57. The van der Waals surface area contributed by atoms with Crippen LogP contribution in [0.1, 0.15) is 42.4 Å². The molecule has 104 valence electrons. The third kappa shape index (κ3) is 2.38. The van der Waals surface area contributed by atoms with Crippen molar-refractivity contribution in [3.8, 4) is 0 Å². The molecule has 0 aliphatic carbocycles. The molecule has 1 aromatic carbocycles. The highest BCUT2D eigenvalue weighted by Crippen LogP contribution is 2.30. The minimum atomic E-state index is 0.321. The molecule has 0 unspecified atom stereocenters. The number of fused-ring (bicyclic) bond motifs is 1. The summed E-state index contributed by atoms with van der Waals surface area (Å²) < 4.78 is 0. The Morgan fingerprint density at radius 3 is 2.40 bits per heavy atom. The molecule has 0 radical (unpaired) electrons. The number of alkyl halides is 1. The van der Waals surface area contributed by atoms with Gasteiger partial charge in [-0.05, 0) is 11.1 Å². The van der Waals surface area contributed by atoms with E-state index in [9.17, 15) is 0 Å².